The van der Waals surface area contributed by atoms with Crippen LogP contribution < -0.4 is 0 Å². The number of rotatable bonds is 4. The van der Waals surface area contributed by atoms with Gasteiger partial charge < -0.3 is 0 Å². The zero-order valence-electron chi connectivity index (χ0n) is 9.38. The van der Waals surface area contributed by atoms with Crippen LogP contribution >= 0.6 is 0 Å². The highest BCUT2D eigenvalue weighted by molar-refractivity contribution is 5.78. The van der Waals surface area contributed by atoms with Gasteiger partial charge in [0.25, 0.3) is 0 Å². The van der Waals surface area contributed by atoms with E-state index in [0.29, 0.717) is 5.78 Å². The molecule has 0 amide bonds. The van der Waals surface area contributed by atoms with E-state index in [-0.39, 0.29) is 5.92 Å². The van der Waals surface area contributed by atoms with Gasteiger partial charge in [0.2, 0.25) is 0 Å². The summed E-state index contributed by atoms with van der Waals surface area (Å²) in [7, 11) is 0. The molecule has 1 saturated heterocycles. The normalized spacial score (nSPS) is 23.4. The maximum Gasteiger partial charge on any atom is 0.134 e. The smallest absolute Gasteiger partial charge is 0.134 e. The van der Waals surface area contributed by atoms with E-state index in [1.807, 2.05) is 0 Å². The lowest BCUT2D eigenvalue weighted by Gasteiger charge is -2.31. The Hall–Kier alpha value is -0.630. The summed E-state index contributed by atoms with van der Waals surface area (Å²) in [6.45, 7) is 10.9. The van der Waals surface area contributed by atoms with Crippen molar-refractivity contribution >= 4 is 5.78 Å². The number of nitrogens with zero attached hydrogens (tertiary/aromatic N) is 1. The number of Topliss-reactive ketones (excluding diaryl/α,β-unsaturated/α-hetero) is 1. The molecule has 1 aliphatic rings. The molecule has 14 heavy (non-hydrogen) atoms. The minimum atomic E-state index is 0.272. The fraction of sp³-hybridized carbons (Fsp3) is 0.750. The lowest BCUT2D eigenvalue weighted by Crippen LogP contribution is -2.38. The summed E-state index contributed by atoms with van der Waals surface area (Å²) in [5, 5.41) is 0. The third-order valence-electron chi connectivity index (χ3n) is 3.03. The Labute approximate surface area is 87.0 Å². The fourth-order valence-corrected chi connectivity index (χ4v) is 1.96. The first-order valence-electron chi connectivity index (χ1n) is 5.53. The second-order valence-electron chi connectivity index (χ2n) is 4.29. The molecule has 0 saturated carbocycles. The SMILES string of the molecule is C=C(CC)CN1CCCC(C(C)=O)C1. The quantitative estimate of drug-likeness (QED) is 0.641. The van der Waals surface area contributed by atoms with Gasteiger partial charge in [0.15, 0.2) is 0 Å². The van der Waals surface area contributed by atoms with Crippen molar-refractivity contribution in [2.75, 3.05) is 19.6 Å². The average Bonchev–Trinajstić information content (AvgIpc) is 2.18. The molecule has 0 aliphatic carbocycles. The van der Waals surface area contributed by atoms with Gasteiger partial charge >= 0.3 is 0 Å². The molecule has 1 unspecified atom stereocenters. The molecule has 2 heteroatoms. The molecule has 0 radical (unpaired) electrons. The zero-order chi connectivity index (χ0) is 10.6. The summed E-state index contributed by atoms with van der Waals surface area (Å²) in [6, 6.07) is 0. The monoisotopic (exact) mass is 195 g/mol. The minimum absolute atomic E-state index is 0.272. The number of hydrogen-bond donors (Lipinski definition) is 0. The average molecular weight is 195 g/mol. The van der Waals surface area contributed by atoms with E-state index in [4.69, 9.17) is 0 Å². The molecule has 0 spiro atoms. The number of piperidine rings is 1. The highest BCUT2D eigenvalue weighted by atomic mass is 16.1. The van der Waals surface area contributed by atoms with Gasteiger partial charge in [-0.1, -0.05) is 19.1 Å². The van der Waals surface area contributed by atoms with E-state index >= 15 is 0 Å². The highest BCUT2D eigenvalue weighted by Gasteiger charge is 2.22. The molecular formula is C12H21NO. The molecule has 1 aliphatic heterocycles. The molecule has 1 heterocycles. The third-order valence-corrected chi connectivity index (χ3v) is 3.03. The molecule has 0 aromatic carbocycles. The Morgan fingerprint density at radius 1 is 1.57 bits per heavy atom. The van der Waals surface area contributed by atoms with Gasteiger partial charge in [0, 0.05) is 19.0 Å². The van der Waals surface area contributed by atoms with Crippen molar-refractivity contribution in [2.45, 2.75) is 33.1 Å². The first-order valence-corrected chi connectivity index (χ1v) is 5.53. The van der Waals surface area contributed by atoms with E-state index in [1.165, 1.54) is 5.57 Å². The van der Waals surface area contributed by atoms with E-state index in [0.717, 1.165) is 38.9 Å². The molecule has 1 fully saturated rings. The molecule has 1 atom stereocenters. The Bertz CT molecular complexity index is 222. The zero-order valence-corrected chi connectivity index (χ0v) is 9.38. The van der Waals surface area contributed by atoms with Crippen LogP contribution in [0.5, 0.6) is 0 Å². The van der Waals surface area contributed by atoms with E-state index in [1.54, 1.807) is 6.92 Å². The van der Waals surface area contributed by atoms with Crippen molar-refractivity contribution in [3.05, 3.63) is 12.2 Å². The van der Waals surface area contributed by atoms with E-state index < -0.39 is 0 Å². The van der Waals surface area contributed by atoms with Crippen LogP contribution in [0.15, 0.2) is 12.2 Å². The first kappa shape index (κ1) is 11.4. The number of carbonyl (C=O) groups excluding carboxylic acids is 1. The number of ketones is 1. The van der Waals surface area contributed by atoms with Crippen LogP contribution in [0, 0.1) is 5.92 Å². The van der Waals surface area contributed by atoms with Crippen LogP contribution in [0.3, 0.4) is 0 Å². The van der Waals surface area contributed by atoms with Gasteiger partial charge in [0.05, 0.1) is 0 Å². The molecular weight excluding hydrogens is 174 g/mol. The lowest BCUT2D eigenvalue weighted by atomic mass is 9.94. The maximum atomic E-state index is 11.3. The van der Waals surface area contributed by atoms with Gasteiger partial charge in [0.1, 0.15) is 5.78 Å². The van der Waals surface area contributed by atoms with Gasteiger partial charge in [-0.2, -0.15) is 0 Å². The topological polar surface area (TPSA) is 20.3 Å². The Balaban J connectivity index is 2.40. The number of hydrogen-bond acceptors (Lipinski definition) is 2. The summed E-state index contributed by atoms with van der Waals surface area (Å²) in [5.74, 6) is 0.616. The van der Waals surface area contributed by atoms with E-state index in [2.05, 4.69) is 18.4 Å². The van der Waals surface area contributed by atoms with Crippen molar-refractivity contribution in [1.29, 1.82) is 0 Å². The Morgan fingerprint density at radius 2 is 2.29 bits per heavy atom. The van der Waals surface area contributed by atoms with E-state index in [9.17, 15) is 4.79 Å². The number of likely N-dealkylation sites (tertiary alicyclic amines) is 1. The van der Waals surface area contributed by atoms with Crippen LogP contribution in [-0.2, 0) is 4.79 Å². The second kappa shape index (κ2) is 5.30. The summed E-state index contributed by atoms with van der Waals surface area (Å²) >= 11 is 0. The second-order valence-corrected chi connectivity index (χ2v) is 4.29. The maximum absolute atomic E-state index is 11.3. The van der Waals surface area contributed by atoms with Gasteiger partial charge in [-0.15, -0.1) is 0 Å². The van der Waals surface area contributed by atoms with Crippen LogP contribution in [0.25, 0.3) is 0 Å². The van der Waals surface area contributed by atoms with Crippen LogP contribution in [-0.4, -0.2) is 30.3 Å². The van der Waals surface area contributed by atoms with Gasteiger partial charge in [-0.25, -0.2) is 0 Å². The summed E-state index contributed by atoms with van der Waals surface area (Å²) in [4.78, 5) is 13.6. The van der Waals surface area contributed by atoms with Crippen molar-refractivity contribution in [2.24, 2.45) is 5.92 Å². The number of carbonyl (C=O) groups is 1. The van der Waals surface area contributed by atoms with Crippen molar-refractivity contribution in [3.8, 4) is 0 Å². The molecule has 0 aromatic heterocycles. The summed E-state index contributed by atoms with van der Waals surface area (Å²) in [6.07, 6.45) is 3.27. The highest BCUT2D eigenvalue weighted by Crippen LogP contribution is 2.18. The Morgan fingerprint density at radius 3 is 2.86 bits per heavy atom. The van der Waals surface area contributed by atoms with Crippen molar-refractivity contribution in [1.82, 2.24) is 4.90 Å². The molecule has 0 aromatic rings. The standard InChI is InChI=1S/C12H21NO/c1-4-10(2)8-13-7-5-6-12(9-13)11(3)14/h12H,2,4-9H2,1,3H3. The van der Waals surface area contributed by atoms with Crippen LogP contribution in [0.4, 0.5) is 0 Å². The molecule has 0 bridgehead atoms. The molecule has 1 rings (SSSR count). The van der Waals surface area contributed by atoms with Crippen LogP contribution in [0.1, 0.15) is 33.1 Å². The third kappa shape index (κ3) is 3.26. The van der Waals surface area contributed by atoms with Crippen molar-refractivity contribution in [3.63, 3.8) is 0 Å². The van der Waals surface area contributed by atoms with Gasteiger partial charge in [-0.3, -0.25) is 9.69 Å². The Kier molecular flexibility index (Phi) is 4.33. The molecule has 2 nitrogen and oxygen atoms in total. The lowest BCUT2D eigenvalue weighted by molar-refractivity contribution is -0.122. The van der Waals surface area contributed by atoms with Crippen molar-refractivity contribution < 1.29 is 4.79 Å². The van der Waals surface area contributed by atoms with Gasteiger partial charge in [-0.05, 0) is 32.7 Å². The summed E-state index contributed by atoms with van der Waals surface area (Å²) < 4.78 is 0. The predicted molar refractivity (Wildman–Crippen MR) is 59.3 cm³/mol. The largest absolute Gasteiger partial charge is 0.300 e. The fourth-order valence-electron chi connectivity index (χ4n) is 1.96. The predicted octanol–water partition coefficient (Wildman–Crippen LogP) is 2.25. The summed E-state index contributed by atoms with van der Waals surface area (Å²) in [5.41, 5.74) is 1.27. The molecule has 80 valence electrons. The molecule has 0 N–H and O–H groups in total. The van der Waals surface area contributed by atoms with Crippen LogP contribution in [0.2, 0.25) is 0 Å². The minimum Gasteiger partial charge on any atom is -0.300 e. The first-order chi connectivity index (χ1) is 6.63.